The van der Waals surface area contributed by atoms with Gasteiger partial charge in [0, 0.05) is 23.6 Å². The Balaban J connectivity index is 1.74. The van der Waals surface area contributed by atoms with E-state index in [0.29, 0.717) is 17.3 Å². The van der Waals surface area contributed by atoms with Crippen LogP contribution in [0.5, 0.6) is 5.75 Å². The van der Waals surface area contributed by atoms with Crippen molar-refractivity contribution < 1.29 is 14.3 Å². The molecule has 6 nitrogen and oxygen atoms in total. The van der Waals surface area contributed by atoms with E-state index in [1.165, 1.54) is 0 Å². The average molecular weight is 416 g/mol. The van der Waals surface area contributed by atoms with Crippen molar-refractivity contribution in [2.45, 2.75) is 39.5 Å². The summed E-state index contributed by atoms with van der Waals surface area (Å²) < 4.78 is 5.64. The molecule has 0 unspecified atom stereocenters. The van der Waals surface area contributed by atoms with E-state index < -0.39 is 0 Å². The molecule has 7 heteroatoms. The predicted molar refractivity (Wildman–Crippen MR) is 117 cm³/mol. The Morgan fingerprint density at radius 1 is 1.14 bits per heavy atom. The van der Waals surface area contributed by atoms with Gasteiger partial charge in [-0.2, -0.15) is 5.10 Å². The summed E-state index contributed by atoms with van der Waals surface area (Å²) in [4.78, 5) is 23.8. The van der Waals surface area contributed by atoms with Crippen molar-refractivity contribution in [2.75, 3.05) is 11.9 Å². The van der Waals surface area contributed by atoms with Gasteiger partial charge in [-0.1, -0.05) is 43.1 Å². The molecule has 154 valence electrons. The van der Waals surface area contributed by atoms with Crippen LogP contribution in [-0.4, -0.2) is 24.6 Å². The van der Waals surface area contributed by atoms with Crippen molar-refractivity contribution in [1.29, 1.82) is 0 Å². The average Bonchev–Trinajstić information content (AvgIpc) is 2.70. The van der Waals surface area contributed by atoms with Crippen molar-refractivity contribution in [1.82, 2.24) is 5.43 Å². The molecule has 2 rings (SSSR count). The van der Waals surface area contributed by atoms with Crippen LogP contribution < -0.4 is 15.5 Å². The van der Waals surface area contributed by atoms with E-state index in [9.17, 15) is 9.59 Å². The Kier molecular flexibility index (Phi) is 9.18. The van der Waals surface area contributed by atoms with E-state index in [0.717, 1.165) is 29.7 Å². The number of aryl methyl sites for hydroxylation is 1. The second-order valence-corrected chi connectivity index (χ2v) is 6.99. The second-order valence-electron chi connectivity index (χ2n) is 6.58. The van der Waals surface area contributed by atoms with Gasteiger partial charge in [0.2, 0.25) is 11.8 Å². The molecule has 0 aliphatic rings. The summed E-state index contributed by atoms with van der Waals surface area (Å²) in [5.41, 5.74) is 4.77. The summed E-state index contributed by atoms with van der Waals surface area (Å²) in [6.45, 7) is 4.66. The molecule has 2 amide bonds. The maximum atomic E-state index is 12.0. The molecule has 2 aromatic carbocycles. The first kappa shape index (κ1) is 22.4. The monoisotopic (exact) mass is 415 g/mol. The number of carbonyl (C=O) groups is 2. The van der Waals surface area contributed by atoms with Gasteiger partial charge in [0.05, 0.1) is 12.8 Å². The number of rotatable bonds is 10. The molecule has 0 aliphatic heterocycles. The number of benzene rings is 2. The number of nitrogens with zero attached hydrogens (tertiary/aromatic N) is 1. The number of halogens is 1. The molecule has 2 N–H and O–H groups in total. The summed E-state index contributed by atoms with van der Waals surface area (Å²) in [5, 5.41) is 7.23. The van der Waals surface area contributed by atoms with Crippen molar-refractivity contribution in [3.05, 3.63) is 58.6 Å². The smallest absolute Gasteiger partial charge is 0.240 e. The number of hydrogen-bond donors (Lipinski definition) is 2. The van der Waals surface area contributed by atoms with Crippen molar-refractivity contribution in [2.24, 2.45) is 5.10 Å². The zero-order valence-electron chi connectivity index (χ0n) is 16.7. The fraction of sp³-hybridized carbons (Fsp3) is 0.318. The third-order valence-electron chi connectivity index (χ3n) is 4.06. The molecular weight excluding hydrogens is 390 g/mol. The van der Waals surface area contributed by atoms with Gasteiger partial charge < -0.3 is 10.1 Å². The number of hydrazone groups is 1. The zero-order valence-corrected chi connectivity index (χ0v) is 17.5. The van der Waals surface area contributed by atoms with E-state index in [1.807, 2.05) is 37.3 Å². The van der Waals surface area contributed by atoms with E-state index in [1.54, 1.807) is 18.3 Å². The van der Waals surface area contributed by atoms with Gasteiger partial charge in [-0.15, -0.1) is 0 Å². The molecular formula is C22H26ClN3O3. The Morgan fingerprint density at radius 3 is 2.69 bits per heavy atom. The van der Waals surface area contributed by atoms with Gasteiger partial charge in [0.15, 0.2) is 0 Å². The third-order valence-corrected chi connectivity index (χ3v) is 4.47. The largest absolute Gasteiger partial charge is 0.494 e. The second kappa shape index (κ2) is 11.9. The van der Waals surface area contributed by atoms with E-state index >= 15 is 0 Å². The summed E-state index contributed by atoms with van der Waals surface area (Å²) in [6.07, 6.45) is 3.69. The van der Waals surface area contributed by atoms with Gasteiger partial charge in [0.1, 0.15) is 5.75 Å². The van der Waals surface area contributed by atoms with Gasteiger partial charge in [-0.05, 0) is 48.7 Å². The summed E-state index contributed by atoms with van der Waals surface area (Å²) >= 11 is 6.03. The minimum absolute atomic E-state index is 0.0307. The SMILES string of the molecule is CCCCOc1cccc(C=NNC(=O)CCC(=O)Nc2ccc(C)c(Cl)c2)c1. The number of anilines is 1. The van der Waals surface area contributed by atoms with Crippen LogP contribution in [0.4, 0.5) is 5.69 Å². The van der Waals surface area contributed by atoms with Gasteiger partial charge >= 0.3 is 0 Å². The van der Waals surface area contributed by atoms with Crippen LogP contribution >= 0.6 is 11.6 Å². The molecule has 29 heavy (non-hydrogen) atoms. The maximum absolute atomic E-state index is 12.0. The molecule has 0 bridgehead atoms. The van der Waals surface area contributed by atoms with Crippen molar-refractivity contribution in [3.8, 4) is 5.75 Å². The maximum Gasteiger partial charge on any atom is 0.240 e. The van der Waals surface area contributed by atoms with Crippen LogP contribution in [0.15, 0.2) is 47.6 Å². The lowest BCUT2D eigenvalue weighted by atomic mass is 10.2. The molecule has 0 heterocycles. The van der Waals surface area contributed by atoms with Crippen molar-refractivity contribution in [3.63, 3.8) is 0 Å². The summed E-state index contributed by atoms with van der Waals surface area (Å²) in [7, 11) is 0. The van der Waals surface area contributed by atoms with Gasteiger partial charge in [-0.3, -0.25) is 9.59 Å². The first-order valence-electron chi connectivity index (χ1n) is 9.58. The van der Waals surface area contributed by atoms with Crippen LogP contribution in [0.3, 0.4) is 0 Å². The predicted octanol–water partition coefficient (Wildman–Crippen LogP) is 4.70. The highest BCUT2D eigenvalue weighted by Crippen LogP contribution is 2.20. The molecule has 0 aromatic heterocycles. The minimum Gasteiger partial charge on any atom is -0.494 e. The summed E-state index contributed by atoms with van der Waals surface area (Å²) in [5.74, 6) is 0.163. The van der Waals surface area contributed by atoms with E-state index in [4.69, 9.17) is 16.3 Å². The number of nitrogens with one attached hydrogen (secondary N) is 2. The zero-order chi connectivity index (χ0) is 21.1. The van der Waals surface area contributed by atoms with E-state index in [-0.39, 0.29) is 24.7 Å². The Hall–Kier alpha value is -2.86. The lowest BCUT2D eigenvalue weighted by molar-refractivity contribution is -0.124. The van der Waals surface area contributed by atoms with Crippen LogP contribution in [0, 0.1) is 6.92 Å². The fourth-order valence-electron chi connectivity index (χ4n) is 2.37. The molecule has 0 saturated carbocycles. The van der Waals surface area contributed by atoms with Gasteiger partial charge in [-0.25, -0.2) is 5.43 Å². The fourth-order valence-corrected chi connectivity index (χ4v) is 2.56. The lowest BCUT2D eigenvalue weighted by Crippen LogP contribution is -2.20. The van der Waals surface area contributed by atoms with Crippen LogP contribution in [-0.2, 0) is 9.59 Å². The Morgan fingerprint density at radius 2 is 1.93 bits per heavy atom. The molecule has 0 radical (unpaired) electrons. The normalized spacial score (nSPS) is 10.7. The molecule has 2 aromatic rings. The molecule has 0 aliphatic carbocycles. The Bertz CT molecular complexity index is 868. The standard InChI is InChI=1S/C22H26ClN3O3/c1-3-4-12-29-19-7-5-6-17(13-19)15-24-26-22(28)11-10-21(27)25-18-9-8-16(2)20(23)14-18/h5-9,13-15H,3-4,10-12H2,1-2H3,(H,25,27)(H,26,28). The minimum atomic E-state index is -0.339. The number of carbonyl (C=O) groups excluding carboxylic acids is 2. The van der Waals surface area contributed by atoms with Crippen LogP contribution in [0.2, 0.25) is 5.02 Å². The highest BCUT2D eigenvalue weighted by atomic mass is 35.5. The quantitative estimate of drug-likeness (QED) is 0.335. The molecule has 0 saturated heterocycles. The lowest BCUT2D eigenvalue weighted by Gasteiger charge is -2.06. The van der Waals surface area contributed by atoms with Crippen LogP contribution in [0.1, 0.15) is 43.7 Å². The molecule has 0 atom stereocenters. The Labute approximate surface area is 176 Å². The third kappa shape index (κ3) is 8.35. The number of unbranched alkanes of at least 4 members (excludes halogenated alkanes) is 1. The number of hydrogen-bond acceptors (Lipinski definition) is 4. The van der Waals surface area contributed by atoms with Crippen molar-refractivity contribution >= 4 is 35.3 Å². The topological polar surface area (TPSA) is 79.8 Å². The summed E-state index contributed by atoms with van der Waals surface area (Å²) in [6, 6.07) is 12.7. The highest BCUT2D eigenvalue weighted by Gasteiger charge is 2.07. The first-order valence-corrected chi connectivity index (χ1v) is 9.96. The highest BCUT2D eigenvalue weighted by molar-refractivity contribution is 6.31. The molecule has 0 fully saturated rings. The number of ether oxygens (including phenoxy) is 1. The number of amides is 2. The van der Waals surface area contributed by atoms with Gasteiger partial charge in [0.25, 0.3) is 0 Å². The first-order chi connectivity index (χ1) is 14.0. The van der Waals surface area contributed by atoms with E-state index in [2.05, 4.69) is 22.8 Å². The molecule has 0 spiro atoms. The van der Waals surface area contributed by atoms with Crippen LogP contribution in [0.25, 0.3) is 0 Å².